The van der Waals surface area contributed by atoms with Crippen LogP contribution in [0.5, 0.6) is 11.5 Å². The highest BCUT2D eigenvalue weighted by atomic mass is 32.2. The number of rotatable bonds is 9. The Morgan fingerprint density at radius 2 is 1.60 bits per heavy atom. The first-order chi connectivity index (χ1) is 19.3. The molecule has 11 nitrogen and oxygen atoms in total. The minimum atomic E-state index is -4.16. The summed E-state index contributed by atoms with van der Waals surface area (Å²) in [6.45, 7) is 0. The molecule has 0 fully saturated rings. The van der Waals surface area contributed by atoms with Gasteiger partial charge < -0.3 is 20.5 Å². The maximum absolute atomic E-state index is 13.4. The van der Waals surface area contributed by atoms with Gasteiger partial charge in [-0.2, -0.15) is 0 Å². The van der Waals surface area contributed by atoms with Crippen LogP contribution in [0.15, 0.2) is 96.2 Å². The number of ether oxygens (including phenoxy) is 1. The van der Waals surface area contributed by atoms with Crippen LogP contribution >= 0.6 is 0 Å². The second-order valence-electron chi connectivity index (χ2n) is 8.67. The molecule has 0 aliphatic heterocycles. The molecule has 0 unspecified atom stereocenters. The monoisotopic (exact) mass is 556 g/mol. The number of hydrogen-bond acceptors (Lipinski definition) is 9. The van der Waals surface area contributed by atoms with Crippen LogP contribution in [0.25, 0.3) is 11.0 Å². The Hall–Kier alpha value is -5.23. The normalized spacial score (nSPS) is 11.1. The number of amides is 1. The van der Waals surface area contributed by atoms with E-state index in [-0.39, 0.29) is 34.6 Å². The van der Waals surface area contributed by atoms with Gasteiger partial charge >= 0.3 is 0 Å². The van der Waals surface area contributed by atoms with Crippen LogP contribution in [0.3, 0.4) is 0 Å². The van der Waals surface area contributed by atoms with E-state index in [4.69, 9.17) is 4.74 Å². The zero-order valence-electron chi connectivity index (χ0n) is 21.2. The minimum Gasteiger partial charge on any atom is -0.508 e. The lowest BCUT2D eigenvalue weighted by Gasteiger charge is -2.15. The molecule has 3 aromatic carbocycles. The fraction of sp³-hybridized carbons (Fsp3) is 0.0714. The van der Waals surface area contributed by atoms with E-state index in [1.54, 1.807) is 60.9 Å². The summed E-state index contributed by atoms with van der Waals surface area (Å²) in [4.78, 5) is 25.4. The Labute approximate surface area is 230 Å². The van der Waals surface area contributed by atoms with Crippen molar-refractivity contribution in [1.29, 1.82) is 0 Å². The molecular weight excluding hydrogens is 532 g/mol. The first kappa shape index (κ1) is 26.4. The number of nitrogens with one attached hydrogen (secondary N) is 3. The number of phenolic OH excluding ortho intramolecular Hbond substituents is 1. The second kappa shape index (κ2) is 11.3. The molecule has 0 aliphatic rings. The highest BCUT2D eigenvalue weighted by Crippen LogP contribution is 2.31. The van der Waals surface area contributed by atoms with Crippen LogP contribution in [-0.2, 0) is 21.2 Å². The maximum atomic E-state index is 13.4. The van der Waals surface area contributed by atoms with Crippen molar-refractivity contribution < 1.29 is 23.1 Å². The lowest BCUT2D eigenvalue weighted by molar-refractivity contribution is -0.115. The zero-order chi connectivity index (χ0) is 28.1. The van der Waals surface area contributed by atoms with Gasteiger partial charge in [0, 0.05) is 42.0 Å². The number of sulfonamides is 1. The Morgan fingerprint density at radius 3 is 2.33 bits per heavy atom. The first-order valence-corrected chi connectivity index (χ1v) is 13.5. The number of aromatic nitrogens is 3. The number of carbonyl (C=O) groups excluding carboxylic acids is 1. The van der Waals surface area contributed by atoms with Crippen molar-refractivity contribution in [3.05, 3.63) is 96.8 Å². The van der Waals surface area contributed by atoms with Gasteiger partial charge in [-0.15, -0.1) is 0 Å². The van der Waals surface area contributed by atoms with Gasteiger partial charge in [0.05, 0.1) is 29.5 Å². The number of hydrogen-bond donors (Lipinski definition) is 4. The van der Waals surface area contributed by atoms with E-state index in [1.165, 1.54) is 37.4 Å². The van der Waals surface area contributed by atoms with Crippen molar-refractivity contribution in [2.75, 3.05) is 22.5 Å². The summed E-state index contributed by atoms with van der Waals surface area (Å²) in [5.74, 6) is 0.0775. The number of pyridine rings is 1. The van der Waals surface area contributed by atoms with E-state index in [2.05, 4.69) is 30.3 Å². The Kier molecular flexibility index (Phi) is 7.42. The summed E-state index contributed by atoms with van der Waals surface area (Å²) in [7, 11) is -2.70. The number of phenols is 1. The number of fused-ring (bicyclic) bond motifs is 1. The van der Waals surface area contributed by atoms with Gasteiger partial charge in [-0.05, 0) is 48.0 Å². The lowest BCUT2D eigenvalue weighted by atomic mass is 10.2. The Balaban J connectivity index is 1.43. The van der Waals surface area contributed by atoms with E-state index < -0.39 is 10.0 Å². The van der Waals surface area contributed by atoms with Crippen molar-refractivity contribution in [1.82, 2.24) is 15.0 Å². The molecule has 0 saturated carbocycles. The van der Waals surface area contributed by atoms with Crippen LogP contribution in [-0.4, -0.2) is 41.5 Å². The van der Waals surface area contributed by atoms with E-state index in [1.807, 2.05) is 0 Å². The number of methoxy groups -OCH3 is 1. The number of carbonyl (C=O) groups is 1. The number of anilines is 4. The summed E-state index contributed by atoms with van der Waals surface area (Å²) >= 11 is 0. The molecule has 4 N–H and O–H groups in total. The molecule has 0 atom stereocenters. The number of benzene rings is 3. The van der Waals surface area contributed by atoms with Gasteiger partial charge in [-0.25, -0.2) is 18.4 Å². The number of nitrogens with zero attached hydrogens (tertiary/aromatic N) is 3. The molecule has 202 valence electrons. The van der Waals surface area contributed by atoms with Gasteiger partial charge in [-0.3, -0.25) is 14.5 Å². The number of aromatic hydroxyl groups is 1. The third kappa shape index (κ3) is 6.25. The Bertz CT molecular complexity index is 1800. The van der Waals surface area contributed by atoms with Gasteiger partial charge in [0.2, 0.25) is 5.91 Å². The zero-order valence-corrected chi connectivity index (χ0v) is 22.0. The molecule has 0 bridgehead atoms. The van der Waals surface area contributed by atoms with E-state index in [0.717, 1.165) is 5.56 Å². The van der Waals surface area contributed by atoms with Gasteiger partial charge in [0.15, 0.2) is 11.6 Å². The van der Waals surface area contributed by atoms with Crippen LogP contribution in [0.4, 0.5) is 23.0 Å². The standard InChI is InChI=1S/C28H24N6O5S/c1-39-22-15-20(14-21(35)17-22)31-27-28(33-25-8-3-2-7-24(25)32-27)34-40(37,38)23-6-4-5-19(16-23)30-26(36)13-18-9-11-29-12-10-18/h2-12,14-17,35H,13H2,1H3,(H,30,36)(H,31,32)(H,33,34). The largest absolute Gasteiger partial charge is 0.508 e. The Morgan fingerprint density at radius 1 is 0.875 bits per heavy atom. The fourth-order valence-electron chi connectivity index (χ4n) is 3.89. The molecule has 40 heavy (non-hydrogen) atoms. The quantitative estimate of drug-likeness (QED) is 0.206. The smallest absolute Gasteiger partial charge is 0.263 e. The maximum Gasteiger partial charge on any atom is 0.263 e. The van der Waals surface area contributed by atoms with Gasteiger partial charge in [0.25, 0.3) is 10.0 Å². The topological polar surface area (TPSA) is 155 Å². The van der Waals surface area contributed by atoms with E-state index in [0.29, 0.717) is 28.2 Å². The predicted molar refractivity (Wildman–Crippen MR) is 151 cm³/mol. The summed E-state index contributed by atoms with van der Waals surface area (Å²) in [5.41, 5.74) is 2.49. The van der Waals surface area contributed by atoms with Crippen LogP contribution in [0.2, 0.25) is 0 Å². The SMILES string of the molecule is COc1cc(O)cc(Nc2nc3ccccc3nc2NS(=O)(=O)c2cccc(NC(=O)Cc3ccncc3)c2)c1. The van der Waals surface area contributed by atoms with Crippen molar-refractivity contribution in [2.24, 2.45) is 0 Å². The molecule has 0 spiro atoms. The van der Waals surface area contributed by atoms with Crippen LogP contribution in [0.1, 0.15) is 5.56 Å². The lowest BCUT2D eigenvalue weighted by Crippen LogP contribution is -2.17. The summed E-state index contributed by atoms with van der Waals surface area (Å²) < 4.78 is 34.6. The molecule has 12 heteroatoms. The molecule has 2 aromatic heterocycles. The van der Waals surface area contributed by atoms with Crippen LogP contribution < -0.4 is 20.1 Å². The van der Waals surface area contributed by atoms with E-state index >= 15 is 0 Å². The molecule has 5 aromatic rings. The summed E-state index contributed by atoms with van der Waals surface area (Å²) in [6.07, 6.45) is 3.30. The third-order valence-electron chi connectivity index (χ3n) is 5.73. The molecular formula is C28H24N6O5S. The highest BCUT2D eigenvalue weighted by molar-refractivity contribution is 7.92. The van der Waals surface area contributed by atoms with E-state index in [9.17, 15) is 18.3 Å². The molecule has 2 heterocycles. The highest BCUT2D eigenvalue weighted by Gasteiger charge is 2.20. The van der Waals surface area contributed by atoms with Crippen molar-refractivity contribution >= 4 is 50.0 Å². The first-order valence-electron chi connectivity index (χ1n) is 12.0. The molecule has 0 aliphatic carbocycles. The average molecular weight is 557 g/mol. The van der Waals surface area contributed by atoms with Crippen molar-refractivity contribution in [2.45, 2.75) is 11.3 Å². The minimum absolute atomic E-state index is 0.0551. The van der Waals surface area contributed by atoms with Crippen molar-refractivity contribution in [3.63, 3.8) is 0 Å². The molecule has 0 radical (unpaired) electrons. The second-order valence-corrected chi connectivity index (χ2v) is 10.4. The molecule has 1 amide bonds. The fourth-order valence-corrected chi connectivity index (χ4v) is 4.94. The predicted octanol–water partition coefficient (Wildman–Crippen LogP) is 4.46. The molecule has 5 rings (SSSR count). The number of para-hydroxylation sites is 2. The van der Waals surface area contributed by atoms with Crippen molar-refractivity contribution in [3.8, 4) is 11.5 Å². The molecule has 0 saturated heterocycles. The van der Waals surface area contributed by atoms with Gasteiger partial charge in [0.1, 0.15) is 11.5 Å². The van der Waals surface area contributed by atoms with Gasteiger partial charge in [-0.1, -0.05) is 18.2 Å². The third-order valence-corrected chi connectivity index (χ3v) is 7.07. The summed E-state index contributed by atoms with van der Waals surface area (Å²) in [6, 6.07) is 20.8. The average Bonchev–Trinajstić information content (AvgIpc) is 2.93. The van der Waals surface area contributed by atoms with Crippen LogP contribution in [0, 0.1) is 0 Å². The summed E-state index contributed by atoms with van der Waals surface area (Å²) in [5, 5.41) is 15.8.